The number of aryl methyl sites for hydroxylation is 1. The van der Waals surface area contributed by atoms with Crippen LogP contribution in [0.25, 0.3) is 10.9 Å². The predicted octanol–water partition coefficient (Wildman–Crippen LogP) is 2.67. The van der Waals surface area contributed by atoms with Gasteiger partial charge in [0.15, 0.2) is 0 Å². The van der Waals surface area contributed by atoms with Crippen LogP contribution in [0, 0.1) is 0 Å². The Hall–Kier alpha value is -2.20. The molecule has 0 spiro atoms. The molecule has 0 radical (unpaired) electrons. The molecule has 0 fully saturated rings. The first kappa shape index (κ1) is 12.8. The average Bonchev–Trinajstić information content (AvgIpc) is 2.90. The van der Waals surface area contributed by atoms with Gasteiger partial charge in [-0.15, -0.1) is 0 Å². The first-order valence-electron chi connectivity index (χ1n) is 6.86. The molecule has 3 aromatic rings. The lowest BCUT2D eigenvalue weighted by Gasteiger charge is -2.20. The standard InChI is InChI=1S/C16H18N4/c1-3-17-16(15-9-11-19-20(15)2)13-6-4-8-14-12(13)7-5-10-18-14/h4-11,16-17H,3H2,1-2H3. The minimum Gasteiger partial charge on any atom is -0.305 e. The lowest BCUT2D eigenvalue weighted by Crippen LogP contribution is -2.24. The molecule has 4 heteroatoms. The van der Waals surface area contributed by atoms with E-state index < -0.39 is 0 Å². The first-order chi connectivity index (χ1) is 9.81. The van der Waals surface area contributed by atoms with Gasteiger partial charge in [0.2, 0.25) is 0 Å². The van der Waals surface area contributed by atoms with Gasteiger partial charge in [-0.2, -0.15) is 5.10 Å². The number of fused-ring (bicyclic) bond motifs is 1. The summed E-state index contributed by atoms with van der Waals surface area (Å²) < 4.78 is 1.92. The van der Waals surface area contributed by atoms with Crippen molar-refractivity contribution in [2.24, 2.45) is 7.05 Å². The second-order valence-electron chi connectivity index (χ2n) is 4.79. The van der Waals surface area contributed by atoms with Crippen molar-refractivity contribution in [2.45, 2.75) is 13.0 Å². The third-order valence-electron chi connectivity index (χ3n) is 3.55. The maximum atomic E-state index is 4.44. The van der Waals surface area contributed by atoms with Gasteiger partial charge in [0.05, 0.1) is 17.3 Å². The SMILES string of the molecule is CCNC(c1cccc2ncccc12)c1ccnn1C. The molecule has 0 aliphatic rings. The van der Waals surface area contributed by atoms with Crippen molar-refractivity contribution in [3.8, 4) is 0 Å². The highest BCUT2D eigenvalue weighted by Crippen LogP contribution is 2.27. The normalized spacial score (nSPS) is 12.7. The zero-order valence-corrected chi connectivity index (χ0v) is 11.7. The molecular weight excluding hydrogens is 248 g/mol. The van der Waals surface area contributed by atoms with E-state index in [1.54, 1.807) is 0 Å². The lowest BCUT2D eigenvalue weighted by molar-refractivity contribution is 0.575. The Morgan fingerprint density at radius 3 is 2.80 bits per heavy atom. The number of hydrogen-bond acceptors (Lipinski definition) is 3. The summed E-state index contributed by atoms with van der Waals surface area (Å²) in [5.41, 5.74) is 3.42. The van der Waals surface area contributed by atoms with E-state index in [0.29, 0.717) is 0 Å². The van der Waals surface area contributed by atoms with Crippen LogP contribution in [-0.2, 0) is 7.05 Å². The minimum atomic E-state index is 0.125. The third kappa shape index (κ3) is 2.18. The first-order valence-corrected chi connectivity index (χ1v) is 6.86. The summed E-state index contributed by atoms with van der Waals surface area (Å²) in [7, 11) is 1.98. The second-order valence-corrected chi connectivity index (χ2v) is 4.79. The molecule has 4 nitrogen and oxygen atoms in total. The highest BCUT2D eigenvalue weighted by atomic mass is 15.3. The fraction of sp³-hybridized carbons (Fsp3) is 0.250. The van der Waals surface area contributed by atoms with Crippen LogP contribution >= 0.6 is 0 Å². The van der Waals surface area contributed by atoms with Crippen LogP contribution in [-0.4, -0.2) is 21.3 Å². The Bertz CT molecular complexity index is 712. The van der Waals surface area contributed by atoms with Crippen molar-refractivity contribution in [3.63, 3.8) is 0 Å². The van der Waals surface area contributed by atoms with Gasteiger partial charge in [0.25, 0.3) is 0 Å². The van der Waals surface area contributed by atoms with Crippen molar-refractivity contribution in [1.29, 1.82) is 0 Å². The zero-order valence-electron chi connectivity index (χ0n) is 11.7. The molecule has 1 aromatic carbocycles. The van der Waals surface area contributed by atoms with Gasteiger partial charge in [0, 0.05) is 24.8 Å². The monoisotopic (exact) mass is 266 g/mol. The number of hydrogen-bond donors (Lipinski definition) is 1. The fourth-order valence-corrected chi connectivity index (χ4v) is 2.62. The molecule has 0 saturated heterocycles. The van der Waals surface area contributed by atoms with E-state index in [1.165, 1.54) is 10.9 Å². The van der Waals surface area contributed by atoms with Gasteiger partial charge >= 0.3 is 0 Å². The second kappa shape index (κ2) is 5.43. The maximum Gasteiger partial charge on any atom is 0.0754 e. The molecule has 0 saturated carbocycles. The van der Waals surface area contributed by atoms with Crippen molar-refractivity contribution < 1.29 is 0 Å². The molecule has 102 valence electrons. The average molecular weight is 266 g/mol. The summed E-state index contributed by atoms with van der Waals surface area (Å²) in [6, 6.07) is 12.6. The molecule has 0 aliphatic heterocycles. The van der Waals surface area contributed by atoms with Crippen LogP contribution < -0.4 is 5.32 Å². The van der Waals surface area contributed by atoms with E-state index in [2.05, 4.69) is 46.6 Å². The van der Waals surface area contributed by atoms with Gasteiger partial charge in [-0.25, -0.2) is 0 Å². The molecule has 1 unspecified atom stereocenters. The van der Waals surface area contributed by atoms with Crippen LogP contribution in [0.1, 0.15) is 24.2 Å². The van der Waals surface area contributed by atoms with E-state index in [4.69, 9.17) is 0 Å². The molecule has 1 atom stereocenters. The van der Waals surface area contributed by atoms with E-state index in [9.17, 15) is 0 Å². The summed E-state index contributed by atoms with van der Waals surface area (Å²) in [6.07, 6.45) is 3.67. The third-order valence-corrected chi connectivity index (χ3v) is 3.55. The van der Waals surface area contributed by atoms with Gasteiger partial charge in [-0.05, 0) is 30.3 Å². The van der Waals surface area contributed by atoms with Crippen LogP contribution in [0.5, 0.6) is 0 Å². The Kier molecular flexibility index (Phi) is 3.48. The smallest absolute Gasteiger partial charge is 0.0754 e. The summed E-state index contributed by atoms with van der Waals surface area (Å²) in [5, 5.41) is 9.01. The minimum absolute atomic E-state index is 0.125. The zero-order chi connectivity index (χ0) is 13.9. The van der Waals surface area contributed by atoms with Gasteiger partial charge in [-0.1, -0.05) is 25.1 Å². The number of pyridine rings is 1. The highest BCUT2D eigenvalue weighted by Gasteiger charge is 2.18. The van der Waals surface area contributed by atoms with Crippen LogP contribution in [0.15, 0.2) is 48.8 Å². The Morgan fingerprint density at radius 1 is 1.15 bits per heavy atom. The quantitative estimate of drug-likeness (QED) is 0.789. The van der Waals surface area contributed by atoms with Gasteiger partial charge in [0.1, 0.15) is 0 Å². The van der Waals surface area contributed by atoms with Crippen molar-refractivity contribution in [1.82, 2.24) is 20.1 Å². The van der Waals surface area contributed by atoms with E-state index in [-0.39, 0.29) is 6.04 Å². The predicted molar refractivity (Wildman–Crippen MR) is 80.5 cm³/mol. The van der Waals surface area contributed by atoms with E-state index in [1.807, 2.05) is 36.3 Å². The number of nitrogens with one attached hydrogen (secondary N) is 1. The van der Waals surface area contributed by atoms with Crippen molar-refractivity contribution in [3.05, 3.63) is 60.0 Å². The topological polar surface area (TPSA) is 42.7 Å². The molecule has 20 heavy (non-hydrogen) atoms. The molecule has 0 bridgehead atoms. The number of benzene rings is 1. The van der Waals surface area contributed by atoms with Crippen LogP contribution in [0.3, 0.4) is 0 Å². The molecule has 0 amide bonds. The van der Waals surface area contributed by atoms with Crippen LogP contribution in [0.2, 0.25) is 0 Å². The van der Waals surface area contributed by atoms with Gasteiger partial charge < -0.3 is 5.32 Å². The number of rotatable bonds is 4. The number of nitrogens with zero attached hydrogens (tertiary/aromatic N) is 3. The number of aromatic nitrogens is 3. The summed E-state index contributed by atoms with van der Waals surface area (Å²) >= 11 is 0. The molecule has 2 aromatic heterocycles. The maximum absolute atomic E-state index is 4.44. The molecule has 2 heterocycles. The van der Waals surface area contributed by atoms with Crippen molar-refractivity contribution in [2.75, 3.05) is 6.54 Å². The van der Waals surface area contributed by atoms with Crippen LogP contribution in [0.4, 0.5) is 0 Å². The molecule has 3 rings (SSSR count). The molecule has 0 aliphatic carbocycles. The molecular formula is C16H18N4. The molecule has 1 N–H and O–H groups in total. The summed E-state index contributed by atoms with van der Waals surface area (Å²) in [4.78, 5) is 4.44. The largest absolute Gasteiger partial charge is 0.305 e. The summed E-state index contributed by atoms with van der Waals surface area (Å²) in [5.74, 6) is 0. The highest BCUT2D eigenvalue weighted by molar-refractivity contribution is 5.82. The summed E-state index contributed by atoms with van der Waals surface area (Å²) in [6.45, 7) is 3.01. The van der Waals surface area contributed by atoms with E-state index in [0.717, 1.165) is 17.8 Å². The van der Waals surface area contributed by atoms with Crippen molar-refractivity contribution >= 4 is 10.9 Å². The van der Waals surface area contributed by atoms with Gasteiger partial charge in [-0.3, -0.25) is 9.67 Å². The fourth-order valence-electron chi connectivity index (χ4n) is 2.62. The lowest BCUT2D eigenvalue weighted by atomic mass is 9.98. The van der Waals surface area contributed by atoms with E-state index >= 15 is 0 Å². The Labute approximate surface area is 118 Å². The Morgan fingerprint density at radius 2 is 2.05 bits per heavy atom. The Balaban J connectivity index is 2.17.